The number of carbonyl (C=O) groups is 1. The first-order valence-electron chi connectivity index (χ1n) is 10.4. The third kappa shape index (κ3) is 4.21. The first kappa shape index (κ1) is 21.2. The Labute approximate surface area is 191 Å². The molecule has 0 aliphatic carbocycles. The Balaban J connectivity index is 1.34. The van der Waals surface area contributed by atoms with Gasteiger partial charge in [0.15, 0.2) is 10.8 Å². The van der Waals surface area contributed by atoms with Crippen molar-refractivity contribution in [2.75, 3.05) is 25.0 Å². The zero-order valence-electron chi connectivity index (χ0n) is 17.7. The molecule has 0 spiro atoms. The van der Waals surface area contributed by atoms with E-state index in [-0.39, 0.29) is 35.6 Å². The van der Waals surface area contributed by atoms with Crippen molar-refractivity contribution in [2.45, 2.75) is 19.4 Å². The number of thiazole rings is 1. The molecule has 10 nitrogen and oxygen atoms in total. The van der Waals surface area contributed by atoms with Crippen molar-refractivity contribution < 1.29 is 13.7 Å². The Morgan fingerprint density at radius 2 is 2.12 bits per heavy atom. The van der Waals surface area contributed by atoms with Crippen molar-refractivity contribution in [1.82, 2.24) is 30.0 Å². The molecule has 4 heterocycles. The molecular weight excluding hydrogens is 449 g/mol. The number of halogens is 1. The fraction of sp³-hybridized carbons (Fsp3) is 0.333. The maximum Gasteiger partial charge on any atom is 0.273 e. The van der Waals surface area contributed by atoms with Crippen LogP contribution in [0.5, 0.6) is 0 Å². The van der Waals surface area contributed by atoms with Crippen LogP contribution in [0, 0.1) is 11.7 Å². The second-order valence-corrected chi connectivity index (χ2v) is 8.70. The van der Waals surface area contributed by atoms with Gasteiger partial charge < -0.3 is 14.7 Å². The van der Waals surface area contributed by atoms with Gasteiger partial charge in [-0.3, -0.25) is 14.2 Å². The molecule has 1 N–H and O–H groups in total. The molecule has 1 aromatic carbocycles. The summed E-state index contributed by atoms with van der Waals surface area (Å²) in [6.07, 6.45) is 2.87. The van der Waals surface area contributed by atoms with Gasteiger partial charge in [0.05, 0.1) is 0 Å². The van der Waals surface area contributed by atoms with Crippen LogP contribution in [0.15, 0.2) is 39.9 Å². The summed E-state index contributed by atoms with van der Waals surface area (Å²) in [7, 11) is 1.65. The van der Waals surface area contributed by atoms with E-state index in [2.05, 4.69) is 30.3 Å². The molecule has 0 bridgehead atoms. The topological polar surface area (TPSA) is 119 Å². The minimum absolute atomic E-state index is 0.00246. The largest absolute Gasteiger partial charge is 0.359 e. The minimum Gasteiger partial charge on any atom is -0.359 e. The number of hydrogen-bond acceptors (Lipinski definition) is 9. The zero-order valence-corrected chi connectivity index (χ0v) is 18.5. The summed E-state index contributed by atoms with van der Waals surface area (Å²) in [6.45, 7) is 1.42. The summed E-state index contributed by atoms with van der Waals surface area (Å²) in [5.41, 5.74) is 0.614. The molecule has 0 radical (unpaired) electrons. The van der Waals surface area contributed by atoms with Crippen molar-refractivity contribution in [1.29, 1.82) is 0 Å². The maximum absolute atomic E-state index is 13.4. The van der Waals surface area contributed by atoms with Crippen molar-refractivity contribution in [3.8, 4) is 11.4 Å². The van der Waals surface area contributed by atoms with Crippen molar-refractivity contribution in [3.05, 3.63) is 52.7 Å². The van der Waals surface area contributed by atoms with Crippen LogP contribution >= 0.6 is 11.3 Å². The summed E-state index contributed by atoms with van der Waals surface area (Å²) in [5.74, 6) is 0.113. The lowest BCUT2D eigenvalue weighted by Crippen LogP contribution is -2.39. The van der Waals surface area contributed by atoms with Gasteiger partial charge in [0.2, 0.25) is 17.6 Å². The quantitative estimate of drug-likeness (QED) is 0.472. The summed E-state index contributed by atoms with van der Waals surface area (Å²) in [4.78, 5) is 40.0. The van der Waals surface area contributed by atoms with Gasteiger partial charge in [0.1, 0.15) is 23.4 Å². The molecule has 1 amide bonds. The van der Waals surface area contributed by atoms with Crippen LogP contribution in [-0.4, -0.2) is 50.7 Å². The van der Waals surface area contributed by atoms with Crippen LogP contribution in [0.3, 0.4) is 0 Å². The number of benzene rings is 1. The highest BCUT2D eigenvalue weighted by atomic mass is 32.1. The van der Waals surface area contributed by atoms with Crippen LogP contribution in [0.1, 0.15) is 18.7 Å². The van der Waals surface area contributed by atoms with Crippen LogP contribution in [-0.2, 0) is 11.3 Å². The average molecular weight is 470 g/mol. The van der Waals surface area contributed by atoms with E-state index in [9.17, 15) is 14.0 Å². The predicted octanol–water partition coefficient (Wildman–Crippen LogP) is 2.05. The van der Waals surface area contributed by atoms with Crippen molar-refractivity contribution in [3.63, 3.8) is 0 Å². The highest BCUT2D eigenvalue weighted by molar-refractivity contribution is 7.22. The van der Waals surface area contributed by atoms with E-state index in [1.807, 2.05) is 0 Å². The fourth-order valence-electron chi connectivity index (χ4n) is 3.83. The molecule has 3 aromatic heterocycles. The summed E-state index contributed by atoms with van der Waals surface area (Å²) >= 11 is 1.28. The van der Waals surface area contributed by atoms with Crippen molar-refractivity contribution in [2.24, 2.45) is 5.92 Å². The number of amides is 1. The smallest absolute Gasteiger partial charge is 0.273 e. The Morgan fingerprint density at radius 3 is 2.88 bits per heavy atom. The highest BCUT2D eigenvalue weighted by Crippen LogP contribution is 2.29. The van der Waals surface area contributed by atoms with Gasteiger partial charge >= 0.3 is 0 Å². The zero-order chi connectivity index (χ0) is 22.9. The molecule has 1 fully saturated rings. The lowest BCUT2D eigenvalue weighted by molar-refractivity contribution is -0.125. The monoisotopic (exact) mass is 469 g/mol. The van der Waals surface area contributed by atoms with Crippen LogP contribution in [0.2, 0.25) is 0 Å². The Kier molecular flexibility index (Phi) is 5.58. The van der Waals surface area contributed by atoms with Crippen LogP contribution < -0.4 is 15.8 Å². The normalized spacial score (nSPS) is 14.7. The molecule has 1 aliphatic rings. The molecule has 0 atom stereocenters. The SMILES string of the molecule is CNC(=O)C1CCN(c2nc3ncn(Cc4nc(-c5cccc(F)c5)no4)c(=O)c3s2)CC1. The summed E-state index contributed by atoms with van der Waals surface area (Å²) in [5, 5.41) is 7.29. The van der Waals surface area contributed by atoms with Gasteiger partial charge in [-0.25, -0.2) is 9.37 Å². The number of rotatable bonds is 5. The number of nitrogens with one attached hydrogen (secondary N) is 1. The van der Waals surface area contributed by atoms with Crippen LogP contribution in [0.25, 0.3) is 21.7 Å². The molecule has 4 aromatic rings. The van der Waals surface area contributed by atoms with E-state index < -0.39 is 5.82 Å². The lowest BCUT2D eigenvalue weighted by Gasteiger charge is -2.30. The number of carbonyl (C=O) groups excluding carboxylic acids is 1. The van der Waals surface area contributed by atoms with Gasteiger partial charge in [-0.05, 0) is 25.0 Å². The first-order chi connectivity index (χ1) is 16.0. The first-order valence-corrected chi connectivity index (χ1v) is 11.2. The van der Waals surface area contributed by atoms with Gasteiger partial charge in [0.25, 0.3) is 5.56 Å². The van der Waals surface area contributed by atoms with E-state index in [1.165, 1.54) is 34.4 Å². The van der Waals surface area contributed by atoms with Gasteiger partial charge in [-0.15, -0.1) is 0 Å². The predicted molar refractivity (Wildman–Crippen MR) is 119 cm³/mol. The number of aromatic nitrogens is 5. The summed E-state index contributed by atoms with van der Waals surface area (Å²) in [6, 6.07) is 5.88. The van der Waals surface area contributed by atoms with Gasteiger partial charge in [-0.1, -0.05) is 28.6 Å². The van der Waals surface area contributed by atoms with E-state index in [4.69, 9.17) is 4.52 Å². The molecule has 0 unspecified atom stereocenters. The minimum atomic E-state index is -0.399. The maximum atomic E-state index is 13.4. The molecule has 1 saturated heterocycles. The lowest BCUT2D eigenvalue weighted by atomic mass is 9.96. The second kappa shape index (κ2) is 8.70. The Hall–Kier alpha value is -3.67. The third-order valence-corrected chi connectivity index (χ3v) is 6.71. The number of hydrogen-bond donors (Lipinski definition) is 1. The molecule has 170 valence electrons. The van der Waals surface area contributed by atoms with Gasteiger partial charge in [0, 0.05) is 31.6 Å². The standard InChI is InChI=1S/C21H20FN7O3S/c1-23-19(30)12-5-7-28(8-6-12)21-26-18-16(33-21)20(31)29(11-24-18)10-15-25-17(27-32-15)13-3-2-4-14(22)9-13/h2-4,9,11-12H,5-8,10H2,1H3,(H,23,30). The second-order valence-electron chi connectivity index (χ2n) is 7.72. The van der Waals surface area contributed by atoms with E-state index in [1.54, 1.807) is 19.2 Å². The van der Waals surface area contributed by atoms with E-state index in [0.29, 0.717) is 34.1 Å². The molecule has 1 aliphatic heterocycles. The van der Waals surface area contributed by atoms with E-state index >= 15 is 0 Å². The number of nitrogens with zero attached hydrogens (tertiary/aromatic N) is 6. The molecule has 5 rings (SSSR count). The number of anilines is 1. The number of piperidine rings is 1. The van der Waals surface area contributed by atoms with Crippen molar-refractivity contribution >= 4 is 32.7 Å². The summed E-state index contributed by atoms with van der Waals surface area (Å²) < 4.78 is 20.5. The van der Waals surface area contributed by atoms with E-state index in [0.717, 1.165) is 12.8 Å². The Morgan fingerprint density at radius 1 is 1.30 bits per heavy atom. The molecule has 0 saturated carbocycles. The van der Waals surface area contributed by atoms with Crippen LogP contribution in [0.4, 0.5) is 9.52 Å². The molecule has 12 heteroatoms. The Bertz CT molecular complexity index is 1370. The third-order valence-electron chi connectivity index (χ3n) is 5.61. The number of fused-ring (bicyclic) bond motifs is 1. The molecule has 33 heavy (non-hydrogen) atoms. The molecular formula is C21H20FN7O3S. The highest BCUT2D eigenvalue weighted by Gasteiger charge is 2.26. The average Bonchev–Trinajstić information content (AvgIpc) is 3.48. The fourth-order valence-corrected chi connectivity index (χ4v) is 4.85. The van der Waals surface area contributed by atoms with Gasteiger partial charge in [-0.2, -0.15) is 9.97 Å².